The minimum absolute atomic E-state index is 0.252. The Morgan fingerprint density at radius 1 is 2.00 bits per heavy atom. The van der Waals surface area contributed by atoms with Crippen LogP contribution in [0.3, 0.4) is 0 Å². The summed E-state index contributed by atoms with van der Waals surface area (Å²) < 4.78 is 0. The fourth-order valence-corrected chi connectivity index (χ4v) is 0.146. The van der Waals surface area contributed by atoms with Gasteiger partial charge in [0.2, 0.25) is 0 Å². The minimum atomic E-state index is 0.252. The molecule has 2 heteroatoms. The van der Waals surface area contributed by atoms with E-state index in [1.807, 2.05) is 6.07 Å². The highest BCUT2D eigenvalue weighted by atomic mass is 35.5. The van der Waals surface area contributed by atoms with Gasteiger partial charge in [-0.05, 0) is 0 Å². The Balaban J connectivity index is 3.13. The van der Waals surface area contributed by atoms with Crippen molar-refractivity contribution in [2.45, 2.75) is 6.42 Å². The molecule has 32 valence electrons. The van der Waals surface area contributed by atoms with Gasteiger partial charge in [-0.3, -0.25) is 0 Å². The molecule has 0 N–H and O–H groups in total. The van der Waals surface area contributed by atoms with Crippen LogP contribution in [0, 0.1) is 11.3 Å². The molecular formula is C4H4ClN. The lowest BCUT2D eigenvalue weighted by atomic mass is 10.5. The molecular weight excluding hydrogens is 97.5 g/mol. The van der Waals surface area contributed by atoms with Crippen LogP contribution in [0.2, 0.25) is 0 Å². The second kappa shape index (κ2) is 2.74. The average Bonchev–Trinajstić information content (AvgIpc) is 1.35. The first-order valence-electron chi connectivity index (χ1n) is 1.47. The third kappa shape index (κ3) is 3.52. The molecule has 0 radical (unpaired) electrons. The van der Waals surface area contributed by atoms with Crippen LogP contribution in [-0.4, -0.2) is 0 Å². The van der Waals surface area contributed by atoms with Crippen molar-refractivity contribution in [1.82, 2.24) is 0 Å². The van der Waals surface area contributed by atoms with Gasteiger partial charge in [-0.1, -0.05) is 18.2 Å². The fraction of sp³-hybridized carbons (Fsp3) is 0.250. The van der Waals surface area contributed by atoms with Crippen LogP contribution >= 0.6 is 11.6 Å². The van der Waals surface area contributed by atoms with Crippen molar-refractivity contribution in [1.29, 1.82) is 5.26 Å². The summed E-state index contributed by atoms with van der Waals surface area (Å²) in [5.41, 5.74) is 0. The van der Waals surface area contributed by atoms with Gasteiger partial charge < -0.3 is 0 Å². The number of nitriles is 1. The third-order valence-corrected chi connectivity index (χ3v) is 0.405. The van der Waals surface area contributed by atoms with E-state index in [1.165, 1.54) is 0 Å². The third-order valence-electron chi connectivity index (χ3n) is 0.271. The molecule has 0 atom stereocenters. The van der Waals surface area contributed by atoms with Gasteiger partial charge in [0.1, 0.15) is 0 Å². The Morgan fingerprint density at radius 3 is 2.50 bits per heavy atom. The number of nitrogens with zero attached hydrogens (tertiary/aromatic N) is 1. The predicted octanol–water partition coefficient (Wildman–Crippen LogP) is 1.65. The van der Waals surface area contributed by atoms with Crippen molar-refractivity contribution in [2.75, 3.05) is 0 Å². The van der Waals surface area contributed by atoms with E-state index in [2.05, 4.69) is 6.58 Å². The molecule has 0 aliphatic rings. The van der Waals surface area contributed by atoms with Gasteiger partial charge in [0.05, 0.1) is 12.5 Å². The molecule has 0 aliphatic carbocycles. The highest BCUT2D eigenvalue weighted by molar-refractivity contribution is 6.29. The fourth-order valence-electron chi connectivity index (χ4n) is 0.0858. The zero-order chi connectivity index (χ0) is 4.99. The molecule has 0 spiro atoms. The molecule has 0 aliphatic heterocycles. The Kier molecular flexibility index (Phi) is 2.52. The van der Waals surface area contributed by atoms with Crippen molar-refractivity contribution in [2.24, 2.45) is 0 Å². The molecule has 0 fully saturated rings. The van der Waals surface area contributed by atoms with E-state index < -0.39 is 0 Å². The van der Waals surface area contributed by atoms with E-state index >= 15 is 0 Å². The van der Waals surface area contributed by atoms with Crippen LogP contribution in [0.5, 0.6) is 0 Å². The second-order valence-electron chi connectivity index (χ2n) is 0.852. The summed E-state index contributed by atoms with van der Waals surface area (Å²) in [4.78, 5) is 0. The zero-order valence-corrected chi connectivity index (χ0v) is 4.00. The molecule has 1 nitrogen and oxygen atoms in total. The number of halogens is 1. The lowest BCUT2D eigenvalue weighted by molar-refractivity contribution is 1.34. The topological polar surface area (TPSA) is 23.8 Å². The monoisotopic (exact) mass is 101 g/mol. The van der Waals surface area contributed by atoms with Crippen molar-refractivity contribution in [3.8, 4) is 6.07 Å². The lowest BCUT2D eigenvalue weighted by Gasteiger charge is -1.73. The summed E-state index contributed by atoms with van der Waals surface area (Å²) in [5, 5.41) is 8.24. The minimum Gasteiger partial charge on any atom is -0.198 e. The molecule has 0 heterocycles. The van der Waals surface area contributed by atoms with E-state index in [0.29, 0.717) is 5.03 Å². The van der Waals surface area contributed by atoms with E-state index in [1.54, 1.807) is 0 Å². The molecule has 0 saturated carbocycles. The van der Waals surface area contributed by atoms with Gasteiger partial charge >= 0.3 is 0 Å². The second-order valence-corrected chi connectivity index (χ2v) is 1.39. The molecule has 6 heavy (non-hydrogen) atoms. The maximum atomic E-state index is 7.84. The Morgan fingerprint density at radius 2 is 2.50 bits per heavy atom. The van der Waals surface area contributed by atoms with Crippen molar-refractivity contribution >= 4 is 11.6 Å². The van der Waals surface area contributed by atoms with Crippen LogP contribution in [-0.2, 0) is 0 Å². The largest absolute Gasteiger partial charge is 0.198 e. The first kappa shape index (κ1) is 5.52. The molecule has 0 amide bonds. The van der Waals surface area contributed by atoms with Crippen LogP contribution in [0.1, 0.15) is 6.42 Å². The summed E-state index contributed by atoms with van der Waals surface area (Å²) in [6, 6.07) is 1.84. The van der Waals surface area contributed by atoms with Crippen molar-refractivity contribution in [3.63, 3.8) is 0 Å². The summed E-state index contributed by atoms with van der Waals surface area (Å²) in [6.45, 7) is 3.29. The van der Waals surface area contributed by atoms with Crippen molar-refractivity contribution < 1.29 is 0 Å². The van der Waals surface area contributed by atoms with Gasteiger partial charge in [-0.15, -0.1) is 0 Å². The maximum Gasteiger partial charge on any atom is 0.0703 e. The molecule has 0 aromatic heterocycles. The number of allylic oxidation sites excluding steroid dienone is 1. The van der Waals surface area contributed by atoms with Crippen LogP contribution in [0.25, 0.3) is 0 Å². The Hall–Kier alpha value is -0.480. The highest BCUT2D eigenvalue weighted by Gasteiger charge is 1.78. The van der Waals surface area contributed by atoms with Gasteiger partial charge in [0.25, 0.3) is 0 Å². The maximum absolute atomic E-state index is 7.84. The molecule has 0 unspecified atom stereocenters. The number of hydrogen-bond donors (Lipinski definition) is 0. The predicted molar refractivity (Wildman–Crippen MR) is 25.2 cm³/mol. The summed E-state index contributed by atoms with van der Waals surface area (Å²) >= 11 is 5.16. The SMILES string of the molecule is C=C(Cl)CC#N. The average molecular weight is 102 g/mol. The van der Waals surface area contributed by atoms with Gasteiger partial charge in [0, 0.05) is 5.03 Å². The molecule has 0 bridgehead atoms. The summed E-state index contributed by atoms with van der Waals surface area (Å²) in [5.74, 6) is 0. The Labute approximate surface area is 41.8 Å². The van der Waals surface area contributed by atoms with E-state index in [-0.39, 0.29) is 6.42 Å². The van der Waals surface area contributed by atoms with E-state index in [9.17, 15) is 0 Å². The van der Waals surface area contributed by atoms with E-state index in [0.717, 1.165) is 0 Å². The molecule has 0 rings (SSSR count). The number of hydrogen-bond acceptors (Lipinski definition) is 1. The van der Waals surface area contributed by atoms with Gasteiger partial charge in [-0.25, -0.2) is 0 Å². The normalized spacial score (nSPS) is 6.67. The standard InChI is InChI=1S/C4H4ClN/c1-4(5)2-3-6/h1-2H2. The first-order valence-corrected chi connectivity index (χ1v) is 1.85. The summed E-state index contributed by atoms with van der Waals surface area (Å²) in [7, 11) is 0. The van der Waals surface area contributed by atoms with Crippen LogP contribution in [0.4, 0.5) is 0 Å². The molecule has 0 aromatic carbocycles. The smallest absolute Gasteiger partial charge is 0.0703 e. The molecule has 0 saturated heterocycles. The Bertz CT molecular complexity index is 90.2. The number of rotatable bonds is 1. The van der Waals surface area contributed by atoms with Crippen LogP contribution in [0.15, 0.2) is 11.6 Å². The highest BCUT2D eigenvalue weighted by Crippen LogP contribution is 1.98. The first-order chi connectivity index (χ1) is 2.77. The van der Waals surface area contributed by atoms with Crippen molar-refractivity contribution in [3.05, 3.63) is 11.6 Å². The summed E-state index contributed by atoms with van der Waals surface area (Å²) in [6.07, 6.45) is 0.252. The zero-order valence-electron chi connectivity index (χ0n) is 3.24. The van der Waals surface area contributed by atoms with E-state index in [4.69, 9.17) is 16.9 Å². The van der Waals surface area contributed by atoms with Gasteiger partial charge in [-0.2, -0.15) is 5.26 Å². The van der Waals surface area contributed by atoms with Crippen LogP contribution < -0.4 is 0 Å². The molecule has 0 aromatic rings. The van der Waals surface area contributed by atoms with Gasteiger partial charge in [0.15, 0.2) is 0 Å². The lowest BCUT2D eigenvalue weighted by Crippen LogP contribution is -1.58. The quantitative estimate of drug-likeness (QED) is 0.493.